The summed E-state index contributed by atoms with van der Waals surface area (Å²) in [6.07, 6.45) is 2.14. The lowest BCUT2D eigenvalue weighted by Crippen LogP contribution is -2.21. The van der Waals surface area contributed by atoms with Crippen LogP contribution in [0.2, 0.25) is 0 Å². The van der Waals surface area contributed by atoms with Crippen LogP contribution >= 0.6 is 0 Å². The fourth-order valence-corrected chi connectivity index (χ4v) is 1.70. The molecule has 0 amide bonds. The van der Waals surface area contributed by atoms with Gasteiger partial charge in [-0.05, 0) is 6.42 Å². The highest BCUT2D eigenvalue weighted by molar-refractivity contribution is 5.80. The maximum absolute atomic E-state index is 11.7. The van der Waals surface area contributed by atoms with Gasteiger partial charge in [0.2, 0.25) is 6.10 Å². The molecule has 104 valence electrons. The number of benzene rings is 1. The summed E-state index contributed by atoms with van der Waals surface area (Å²) in [5.41, 5.74) is 0.623. The van der Waals surface area contributed by atoms with Crippen molar-refractivity contribution in [3.05, 3.63) is 35.9 Å². The van der Waals surface area contributed by atoms with E-state index in [1.54, 1.807) is 24.3 Å². The molecule has 4 heteroatoms. The monoisotopic (exact) mass is 264 g/mol. The number of ether oxygens (including phenoxy) is 2. The molecule has 0 aliphatic carbocycles. The summed E-state index contributed by atoms with van der Waals surface area (Å²) in [5.74, 6) is -0.928. The van der Waals surface area contributed by atoms with Crippen LogP contribution in [0, 0.1) is 0 Å². The molecule has 0 aromatic heterocycles. The Hall–Kier alpha value is -1.84. The van der Waals surface area contributed by atoms with Crippen LogP contribution in [0.1, 0.15) is 44.3 Å². The second-order valence-corrected chi connectivity index (χ2v) is 4.26. The summed E-state index contributed by atoms with van der Waals surface area (Å²) in [7, 11) is 1.28. The van der Waals surface area contributed by atoms with Crippen LogP contribution in [-0.2, 0) is 19.1 Å². The van der Waals surface area contributed by atoms with Crippen molar-refractivity contribution in [2.45, 2.75) is 38.7 Å². The molecule has 0 spiro atoms. The zero-order chi connectivity index (χ0) is 14.1. The van der Waals surface area contributed by atoms with Crippen molar-refractivity contribution in [3.8, 4) is 0 Å². The zero-order valence-electron chi connectivity index (χ0n) is 11.4. The molecule has 0 saturated carbocycles. The first-order valence-electron chi connectivity index (χ1n) is 6.51. The van der Waals surface area contributed by atoms with E-state index < -0.39 is 12.1 Å². The molecule has 0 unspecified atom stereocenters. The molecule has 1 aromatic rings. The van der Waals surface area contributed by atoms with Crippen molar-refractivity contribution in [3.63, 3.8) is 0 Å². The summed E-state index contributed by atoms with van der Waals surface area (Å²) in [4.78, 5) is 23.4. The Morgan fingerprint density at radius 3 is 2.42 bits per heavy atom. The van der Waals surface area contributed by atoms with E-state index in [-0.39, 0.29) is 5.97 Å². The van der Waals surface area contributed by atoms with Gasteiger partial charge in [0, 0.05) is 12.0 Å². The third kappa shape index (κ3) is 5.12. The number of carbonyl (C=O) groups excluding carboxylic acids is 2. The van der Waals surface area contributed by atoms with Crippen LogP contribution in [0.4, 0.5) is 0 Å². The average Bonchev–Trinajstić information content (AvgIpc) is 2.45. The minimum atomic E-state index is -0.972. The molecular formula is C15H20O4. The van der Waals surface area contributed by atoms with Gasteiger partial charge in [0.15, 0.2) is 0 Å². The topological polar surface area (TPSA) is 52.6 Å². The SMILES string of the molecule is CCCCCC(=O)O[C@@H](C(=O)OC)c1ccccc1. The number of rotatable bonds is 7. The van der Waals surface area contributed by atoms with Crippen LogP contribution in [0.5, 0.6) is 0 Å². The van der Waals surface area contributed by atoms with Gasteiger partial charge in [0.1, 0.15) is 0 Å². The van der Waals surface area contributed by atoms with Crippen LogP contribution in [0.3, 0.4) is 0 Å². The van der Waals surface area contributed by atoms with Crippen LogP contribution in [0.15, 0.2) is 30.3 Å². The number of methoxy groups -OCH3 is 1. The first-order chi connectivity index (χ1) is 9.19. The Kier molecular flexibility index (Phi) is 6.64. The molecule has 0 N–H and O–H groups in total. The van der Waals surface area contributed by atoms with Crippen molar-refractivity contribution >= 4 is 11.9 Å². The van der Waals surface area contributed by atoms with E-state index in [0.717, 1.165) is 19.3 Å². The van der Waals surface area contributed by atoms with E-state index in [2.05, 4.69) is 11.7 Å². The molecule has 1 rings (SSSR count). The molecule has 0 bridgehead atoms. The highest BCUT2D eigenvalue weighted by Gasteiger charge is 2.25. The molecule has 0 fully saturated rings. The van der Waals surface area contributed by atoms with Crippen molar-refractivity contribution in [2.75, 3.05) is 7.11 Å². The summed E-state index contributed by atoms with van der Waals surface area (Å²) in [6, 6.07) is 8.88. The number of hydrogen-bond donors (Lipinski definition) is 0. The second-order valence-electron chi connectivity index (χ2n) is 4.26. The minimum absolute atomic E-state index is 0.328. The van der Waals surface area contributed by atoms with Crippen LogP contribution in [0.25, 0.3) is 0 Å². The normalized spacial score (nSPS) is 11.7. The largest absolute Gasteiger partial charge is 0.466 e. The Bertz CT molecular complexity index is 400. The number of carbonyl (C=O) groups is 2. The van der Waals surface area contributed by atoms with Crippen molar-refractivity contribution in [2.24, 2.45) is 0 Å². The van der Waals surface area contributed by atoms with Gasteiger partial charge >= 0.3 is 11.9 Å². The summed E-state index contributed by atoms with van der Waals surface area (Å²) in [6.45, 7) is 2.06. The maximum Gasteiger partial charge on any atom is 0.351 e. The standard InChI is InChI=1S/C15H20O4/c1-3-4-6-11-13(16)19-14(15(17)18-2)12-9-7-5-8-10-12/h5,7-10,14H,3-4,6,11H2,1-2H3/t14-/m1/s1. The van der Waals surface area contributed by atoms with Gasteiger partial charge in [0.25, 0.3) is 0 Å². The fourth-order valence-electron chi connectivity index (χ4n) is 1.70. The van der Waals surface area contributed by atoms with Gasteiger partial charge in [-0.25, -0.2) is 4.79 Å². The second kappa shape index (κ2) is 8.29. The lowest BCUT2D eigenvalue weighted by Gasteiger charge is -2.15. The van der Waals surface area contributed by atoms with Crippen molar-refractivity contribution in [1.29, 1.82) is 0 Å². The molecule has 4 nitrogen and oxygen atoms in total. The van der Waals surface area contributed by atoms with E-state index in [1.807, 2.05) is 6.07 Å². The molecule has 19 heavy (non-hydrogen) atoms. The summed E-state index contributed by atoms with van der Waals surface area (Å²) < 4.78 is 9.90. The molecule has 0 heterocycles. The number of hydrogen-bond acceptors (Lipinski definition) is 4. The minimum Gasteiger partial charge on any atom is -0.466 e. The third-order valence-corrected chi connectivity index (χ3v) is 2.75. The van der Waals surface area contributed by atoms with Crippen molar-refractivity contribution < 1.29 is 19.1 Å². The van der Waals surface area contributed by atoms with Gasteiger partial charge in [-0.3, -0.25) is 4.79 Å². The van der Waals surface area contributed by atoms with E-state index in [1.165, 1.54) is 7.11 Å². The molecule has 1 aromatic carbocycles. The van der Waals surface area contributed by atoms with E-state index in [9.17, 15) is 9.59 Å². The molecule has 1 atom stereocenters. The molecular weight excluding hydrogens is 244 g/mol. The van der Waals surface area contributed by atoms with Crippen LogP contribution < -0.4 is 0 Å². The van der Waals surface area contributed by atoms with Gasteiger partial charge in [0.05, 0.1) is 7.11 Å². The highest BCUT2D eigenvalue weighted by atomic mass is 16.6. The Labute approximate surface area is 113 Å². The number of esters is 2. The predicted molar refractivity (Wildman–Crippen MR) is 71.4 cm³/mol. The molecule has 0 saturated heterocycles. The molecule has 0 aliphatic rings. The lowest BCUT2D eigenvalue weighted by atomic mass is 10.1. The Morgan fingerprint density at radius 1 is 1.16 bits per heavy atom. The van der Waals surface area contributed by atoms with Gasteiger partial charge in [-0.2, -0.15) is 0 Å². The highest BCUT2D eigenvalue weighted by Crippen LogP contribution is 2.20. The third-order valence-electron chi connectivity index (χ3n) is 2.75. The number of unbranched alkanes of at least 4 members (excludes halogenated alkanes) is 2. The van der Waals surface area contributed by atoms with Gasteiger partial charge < -0.3 is 9.47 Å². The van der Waals surface area contributed by atoms with Crippen LogP contribution in [-0.4, -0.2) is 19.0 Å². The Balaban J connectivity index is 2.66. The molecule has 0 aliphatic heterocycles. The summed E-state index contributed by atoms with van der Waals surface area (Å²) in [5, 5.41) is 0. The summed E-state index contributed by atoms with van der Waals surface area (Å²) >= 11 is 0. The van der Waals surface area contributed by atoms with Crippen molar-refractivity contribution in [1.82, 2.24) is 0 Å². The lowest BCUT2D eigenvalue weighted by molar-refractivity contribution is -0.166. The molecule has 0 radical (unpaired) electrons. The van der Waals surface area contributed by atoms with Gasteiger partial charge in [-0.15, -0.1) is 0 Å². The first-order valence-corrected chi connectivity index (χ1v) is 6.51. The zero-order valence-corrected chi connectivity index (χ0v) is 11.4. The quantitative estimate of drug-likeness (QED) is 0.561. The van der Waals surface area contributed by atoms with E-state index in [0.29, 0.717) is 12.0 Å². The van der Waals surface area contributed by atoms with E-state index in [4.69, 9.17) is 4.74 Å². The first kappa shape index (κ1) is 15.2. The fraction of sp³-hybridized carbons (Fsp3) is 0.467. The smallest absolute Gasteiger partial charge is 0.351 e. The predicted octanol–water partition coefficient (Wildman–Crippen LogP) is 3.02. The maximum atomic E-state index is 11.7. The van der Waals surface area contributed by atoms with E-state index >= 15 is 0 Å². The van der Waals surface area contributed by atoms with Gasteiger partial charge in [-0.1, -0.05) is 50.1 Å². The average molecular weight is 264 g/mol. The Morgan fingerprint density at radius 2 is 1.84 bits per heavy atom.